The van der Waals surface area contributed by atoms with Crippen molar-refractivity contribution < 1.29 is 9.21 Å². The molecule has 1 N–H and O–H groups in total. The van der Waals surface area contributed by atoms with Gasteiger partial charge < -0.3 is 4.42 Å². The second-order valence-electron chi connectivity index (χ2n) is 5.72. The van der Waals surface area contributed by atoms with E-state index in [1.54, 1.807) is 23.5 Å². The average molecular weight is 393 g/mol. The number of hydrogen-bond acceptors (Lipinski definition) is 6. The number of rotatable bonds is 5. The minimum atomic E-state index is -0.250. The third-order valence-corrected chi connectivity index (χ3v) is 5.83. The second-order valence-corrected chi connectivity index (χ2v) is 8.00. The highest BCUT2D eigenvalue weighted by atomic mass is 32.2. The lowest BCUT2D eigenvalue weighted by Crippen LogP contribution is -2.18. The third kappa shape index (κ3) is 4.10. The third-order valence-electron chi connectivity index (χ3n) is 3.81. The number of furan rings is 1. The molecule has 134 valence electrons. The number of benzene rings is 2. The van der Waals surface area contributed by atoms with Crippen LogP contribution in [0.3, 0.4) is 0 Å². The molecule has 0 bridgehead atoms. The first-order valence-electron chi connectivity index (χ1n) is 8.21. The number of carbonyl (C=O) groups excluding carboxylic acids is 1. The molecule has 5 nitrogen and oxygen atoms in total. The number of hydrogen-bond donors (Lipinski definition) is 1. The summed E-state index contributed by atoms with van der Waals surface area (Å²) in [7, 11) is 0. The zero-order chi connectivity index (χ0) is 18.6. The first kappa shape index (κ1) is 17.5. The Balaban J connectivity index is 1.39. The molecule has 0 saturated heterocycles. The van der Waals surface area contributed by atoms with Crippen LogP contribution in [-0.2, 0) is 0 Å². The molecule has 27 heavy (non-hydrogen) atoms. The Bertz CT molecular complexity index is 1100. The van der Waals surface area contributed by atoms with Gasteiger partial charge in [-0.2, -0.15) is 5.10 Å². The molecule has 0 saturated carbocycles. The van der Waals surface area contributed by atoms with Crippen LogP contribution < -0.4 is 5.43 Å². The molecule has 7 heteroatoms. The van der Waals surface area contributed by atoms with E-state index in [4.69, 9.17) is 4.42 Å². The van der Waals surface area contributed by atoms with Gasteiger partial charge in [0.2, 0.25) is 0 Å². The zero-order valence-corrected chi connectivity index (χ0v) is 16.0. The molecule has 1 amide bonds. The molecule has 2 heterocycles. The van der Waals surface area contributed by atoms with Gasteiger partial charge in [0, 0.05) is 5.56 Å². The molecule has 0 aliphatic carbocycles. The number of nitrogens with one attached hydrogen (secondary N) is 1. The Morgan fingerprint density at radius 2 is 1.96 bits per heavy atom. The molecular formula is C20H15N3O2S2. The predicted octanol–water partition coefficient (Wildman–Crippen LogP) is 5.11. The highest BCUT2D eigenvalue weighted by molar-refractivity contribution is 8.01. The van der Waals surface area contributed by atoms with Crippen LogP contribution in [-0.4, -0.2) is 17.1 Å². The molecule has 4 aromatic rings. The number of hydrazone groups is 1. The molecule has 0 radical (unpaired) electrons. The normalized spacial score (nSPS) is 11.3. The Labute approximate surface area is 164 Å². The van der Waals surface area contributed by atoms with E-state index in [0.717, 1.165) is 25.2 Å². The number of nitrogens with zero attached hydrogens (tertiary/aromatic N) is 2. The van der Waals surface area contributed by atoms with Crippen molar-refractivity contribution in [2.24, 2.45) is 5.10 Å². The number of thiazole rings is 1. The lowest BCUT2D eigenvalue weighted by Gasteiger charge is -2.02. The van der Waals surface area contributed by atoms with E-state index in [1.165, 1.54) is 18.0 Å². The maximum atomic E-state index is 12.1. The van der Waals surface area contributed by atoms with Crippen LogP contribution in [0.2, 0.25) is 0 Å². The van der Waals surface area contributed by atoms with Crippen molar-refractivity contribution in [2.75, 3.05) is 0 Å². The van der Waals surface area contributed by atoms with Gasteiger partial charge in [0.25, 0.3) is 5.91 Å². The maximum Gasteiger partial charge on any atom is 0.271 e. The fourth-order valence-corrected chi connectivity index (χ4v) is 4.45. The van der Waals surface area contributed by atoms with Crippen LogP contribution in [0.15, 0.2) is 79.6 Å². The molecule has 0 aliphatic heterocycles. The quantitative estimate of drug-likeness (QED) is 0.378. The summed E-state index contributed by atoms with van der Waals surface area (Å²) < 4.78 is 7.79. The number of aromatic nitrogens is 1. The first-order chi connectivity index (χ1) is 13.2. The summed E-state index contributed by atoms with van der Waals surface area (Å²) in [6.07, 6.45) is 1.48. The summed E-state index contributed by atoms with van der Waals surface area (Å²) in [5.74, 6) is 0.309. The van der Waals surface area contributed by atoms with Crippen molar-refractivity contribution in [3.63, 3.8) is 0 Å². The van der Waals surface area contributed by atoms with Crippen LogP contribution in [0.1, 0.15) is 21.7 Å². The highest BCUT2D eigenvalue weighted by Crippen LogP contribution is 2.34. The Morgan fingerprint density at radius 1 is 1.15 bits per heavy atom. The van der Waals surface area contributed by atoms with Crippen LogP contribution in [0.5, 0.6) is 0 Å². The van der Waals surface area contributed by atoms with Gasteiger partial charge in [0.05, 0.1) is 16.4 Å². The topological polar surface area (TPSA) is 67.5 Å². The highest BCUT2D eigenvalue weighted by Gasteiger charge is 2.09. The number of fused-ring (bicyclic) bond motifs is 1. The number of aryl methyl sites for hydroxylation is 1. The lowest BCUT2D eigenvalue weighted by atomic mass is 10.1. The standard InChI is InChI=1S/C20H15N3O2S2/c1-13-6-2-3-7-15(13)19(24)23-21-12-14-10-11-18(25-14)27-20-22-16-8-4-5-9-17(16)26-20/h2-12H,1H3,(H,23,24)/b21-12+. The van der Waals surface area contributed by atoms with Gasteiger partial charge in [0.15, 0.2) is 9.43 Å². The minimum Gasteiger partial charge on any atom is -0.448 e. The SMILES string of the molecule is Cc1ccccc1C(=O)N/N=C/c1ccc(Sc2nc3ccccc3s2)o1. The van der Waals surface area contributed by atoms with E-state index < -0.39 is 0 Å². The molecule has 2 aromatic carbocycles. The zero-order valence-electron chi connectivity index (χ0n) is 14.4. The smallest absolute Gasteiger partial charge is 0.271 e. The van der Waals surface area contributed by atoms with E-state index >= 15 is 0 Å². The van der Waals surface area contributed by atoms with Gasteiger partial charge in [-0.1, -0.05) is 30.3 Å². The molecular weight excluding hydrogens is 378 g/mol. The van der Waals surface area contributed by atoms with E-state index in [0.29, 0.717) is 11.3 Å². The Hall–Kier alpha value is -2.90. The van der Waals surface area contributed by atoms with E-state index in [9.17, 15) is 4.79 Å². The summed E-state index contributed by atoms with van der Waals surface area (Å²) in [4.78, 5) is 16.7. The fraction of sp³-hybridized carbons (Fsp3) is 0.0500. The average Bonchev–Trinajstić information content (AvgIpc) is 3.28. The van der Waals surface area contributed by atoms with Crippen molar-refractivity contribution in [3.8, 4) is 0 Å². The van der Waals surface area contributed by atoms with Gasteiger partial charge in [-0.05, 0) is 54.6 Å². The van der Waals surface area contributed by atoms with E-state index in [-0.39, 0.29) is 5.91 Å². The Morgan fingerprint density at radius 3 is 2.81 bits per heavy atom. The predicted molar refractivity (Wildman–Crippen MR) is 109 cm³/mol. The van der Waals surface area contributed by atoms with Crippen LogP contribution in [0.4, 0.5) is 0 Å². The van der Waals surface area contributed by atoms with Gasteiger partial charge in [-0.25, -0.2) is 10.4 Å². The van der Waals surface area contributed by atoms with E-state index in [1.807, 2.05) is 49.4 Å². The second kappa shape index (κ2) is 7.77. The minimum absolute atomic E-state index is 0.250. The number of carbonyl (C=O) groups is 1. The van der Waals surface area contributed by atoms with Crippen LogP contribution in [0, 0.1) is 6.92 Å². The van der Waals surface area contributed by atoms with Crippen molar-refractivity contribution in [2.45, 2.75) is 16.4 Å². The fourth-order valence-electron chi connectivity index (χ4n) is 2.48. The summed E-state index contributed by atoms with van der Waals surface area (Å²) in [5.41, 5.74) is 5.00. The summed E-state index contributed by atoms with van der Waals surface area (Å²) in [5, 5.41) is 4.70. The molecule has 0 fully saturated rings. The van der Waals surface area contributed by atoms with Gasteiger partial charge >= 0.3 is 0 Å². The molecule has 0 unspecified atom stereocenters. The summed E-state index contributed by atoms with van der Waals surface area (Å²) >= 11 is 3.09. The Kier molecular flexibility index (Phi) is 5.04. The van der Waals surface area contributed by atoms with Crippen LogP contribution in [0.25, 0.3) is 10.2 Å². The van der Waals surface area contributed by atoms with E-state index in [2.05, 4.69) is 21.6 Å². The van der Waals surface area contributed by atoms with Gasteiger partial charge in [0.1, 0.15) is 5.76 Å². The maximum absolute atomic E-state index is 12.1. The number of para-hydroxylation sites is 1. The molecule has 0 aliphatic rings. The van der Waals surface area contributed by atoms with Crippen molar-refractivity contribution in [1.82, 2.24) is 10.4 Å². The molecule has 4 rings (SSSR count). The van der Waals surface area contributed by atoms with Crippen molar-refractivity contribution >= 4 is 45.4 Å². The molecule has 2 aromatic heterocycles. The largest absolute Gasteiger partial charge is 0.448 e. The lowest BCUT2D eigenvalue weighted by molar-refractivity contribution is 0.0954. The first-order valence-corrected chi connectivity index (χ1v) is 9.84. The number of amides is 1. The van der Waals surface area contributed by atoms with Crippen molar-refractivity contribution in [1.29, 1.82) is 0 Å². The molecule has 0 spiro atoms. The summed E-state index contributed by atoms with van der Waals surface area (Å²) in [6.45, 7) is 1.89. The van der Waals surface area contributed by atoms with Crippen molar-refractivity contribution in [3.05, 3.63) is 77.6 Å². The van der Waals surface area contributed by atoms with Gasteiger partial charge in [-0.15, -0.1) is 11.3 Å². The summed E-state index contributed by atoms with van der Waals surface area (Å²) in [6, 6.07) is 19.1. The molecule has 0 atom stereocenters. The van der Waals surface area contributed by atoms with Crippen LogP contribution >= 0.6 is 23.1 Å². The monoisotopic (exact) mass is 393 g/mol. The van der Waals surface area contributed by atoms with Gasteiger partial charge in [-0.3, -0.25) is 4.79 Å².